The van der Waals surface area contributed by atoms with Gasteiger partial charge in [0.05, 0.1) is 11.8 Å². The highest BCUT2D eigenvalue weighted by atomic mass is 19.1. The van der Waals surface area contributed by atoms with Gasteiger partial charge in [-0.05, 0) is 30.9 Å². The molecule has 0 radical (unpaired) electrons. The third-order valence-corrected chi connectivity index (χ3v) is 4.68. The number of anilines is 1. The van der Waals surface area contributed by atoms with Gasteiger partial charge in [-0.3, -0.25) is 4.90 Å². The van der Waals surface area contributed by atoms with Crippen LogP contribution in [0.25, 0.3) is 0 Å². The van der Waals surface area contributed by atoms with Gasteiger partial charge in [-0.2, -0.15) is 0 Å². The van der Waals surface area contributed by atoms with E-state index in [1.807, 2.05) is 12.1 Å². The van der Waals surface area contributed by atoms with Crippen LogP contribution in [0.4, 0.5) is 10.1 Å². The van der Waals surface area contributed by atoms with E-state index in [4.69, 9.17) is 0 Å². The summed E-state index contributed by atoms with van der Waals surface area (Å²) in [5.74, 6) is 0.308. The van der Waals surface area contributed by atoms with Crippen molar-refractivity contribution in [1.82, 2.24) is 4.90 Å². The minimum absolute atomic E-state index is 0.111. The maximum absolute atomic E-state index is 13.8. The van der Waals surface area contributed by atoms with Gasteiger partial charge in [0, 0.05) is 32.7 Å². The number of benzene rings is 1. The summed E-state index contributed by atoms with van der Waals surface area (Å²) in [6.45, 7) is 4.63. The summed E-state index contributed by atoms with van der Waals surface area (Å²) >= 11 is 0. The summed E-state index contributed by atoms with van der Waals surface area (Å²) in [7, 11) is 0. The van der Waals surface area contributed by atoms with E-state index >= 15 is 0 Å². The summed E-state index contributed by atoms with van der Waals surface area (Å²) in [5.41, 5.74) is 0.716. The second kappa shape index (κ2) is 6.10. The van der Waals surface area contributed by atoms with Crippen LogP contribution >= 0.6 is 0 Å². The molecule has 3 rings (SSSR count). The molecule has 2 unspecified atom stereocenters. The van der Waals surface area contributed by atoms with Crippen LogP contribution < -0.4 is 4.90 Å². The first-order chi connectivity index (χ1) is 9.74. The molecule has 20 heavy (non-hydrogen) atoms. The number of aliphatic hydroxyl groups excluding tert-OH is 1. The fraction of sp³-hybridized carbons (Fsp3) is 0.625. The number of rotatable bonds is 3. The van der Waals surface area contributed by atoms with E-state index in [1.165, 1.54) is 6.07 Å². The Morgan fingerprint density at radius 2 is 1.85 bits per heavy atom. The SMILES string of the molecule is OC1CCCC1CN1CCN(c2ccccc2F)CC1. The first kappa shape index (κ1) is 13.8. The lowest BCUT2D eigenvalue weighted by Gasteiger charge is -2.37. The smallest absolute Gasteiger partial charge is 0.146 e. The average molecular weight is 278 g/mol. The minimum atomic E-state index is -0.132. The molecule has 0 amide bonds. The highest BCUT2D eigenvalue weighted by Gasteiger charge is 2.28. The van der Waals surface area contributed by atoms with Crippen LogP contribution in [0, 0.1) is 11.7 Å². The fourth-order valence-corrected chi connectivity index (χ4v) is 3.44. The van der Waals surface area contributed by atoms with Crippen LogP contribution in [0.3, 0.4) is 0 Å². The number of hydrogen-bond acceptors (Lipinski definition) is 3. The molecule has 1 saturated heterocycles. The Hall–Kier alpha value is -1.13. The standard InChI is InChI=1S/C16H23FN2O/c17-14-5-1-2-6-15(14)19-10-8-18(9-11-19)12-13-4-3-7-16(13)20/h1-2,5-6,13,16,20H,3-4,7-12H2. The zero-order chi connectivity index (χ0) is 13.9. The van der Waals surface area contributed by atoms with Gasteiger partial charge >= 0.3 is 0 Å². The van der Waals surface area contributed by atoms with Crippen molar-refractivity contribution < 1.29 is 9.50 Å². The van der Waals surface area contributed by atoms with Crippen molar-refractivity contribution in [2.24, 2.45) is 5.92 Å². The topological polar surface area (TPSA) is 26.7 Å². The molecule has 1 aliphatic carbocycles. The van der Waals surface area contributed by atoms with Gasteiger partial charge in [0.2, 0.25) is 0 Å². The van der Waals surface area contributed by atoms with Crippen molar-refractivity contribution in [1.29, 1.82) is 0 Å². The molecule has 2 fully saturated rings. The lowest BCUT2D eigenvalue weighted by atomic mass is 10.0. The molecule has 2 aliphatic rings. The average Bonchev–Trinajstić information content (AvgIpc) is 2.86. The number of piperazine rings is 1. The lowest BCUT2D eigenvalue weighted by Crippen LogP contribution is -2.48. The van der Waals surface area contributed by atoms with Gasteiger partial charge in [-0.25, -0.2) is 4.39 Å². The Bertz CT molecular complexity index is 446. The number of aliphatic hydroxyl groups is 1. The first-order valence-electron chi connectivity index (χ1n) is 7.64. The van der Waals surface area contributed by atoms with Gasteiger partial charge in [-0.1, -0.05) is 18.6 Å². The molecular weight excluding hydrogens is 255 g/mol. The van der Waals surface area contributed by atoms with Gasteiger partial charge in [0.1, 0.15) is 5.82 Å². The quantitative estimate of drug-likeness (QED) is 0.917. The molecule has 3 nitrogen and oxygen atoms in total. The maximum Gasteiger partial charge on any atom is 0.146 e. The summed E-state index contributed by atoms with van der Waals surface area (Å²) in [6, 6.07) is 7.00. The Morgan fingerprint density at radius 1 is 1.10 bits per heavy atom. The summed E-state index contributed by atoms with van der Waals surface area (Å²) < 4.78 is 13.8. The van der Waals surface area contributed by atoms with Gasteiger partial charge in [0.15, 0.2) is 0 Å². The van der Waals surface area contributed by atoms with Crippen LogP contribution in [-0.4, -0.2) is 48.8 Å². The van der Waals surface area contributed by atoms with Crippen LogP contribution in [0.1, 0.15) is 19.3 Å². The summed E-state index contributed by atoms with van der Waals surface area (Å²) in [5, 5.41) is 9.90. The van der Waals surface area contributed by atoms with Crippen molar-refractivity contribution in [3.05, 3.63) is 30.1 Å². The van der Waals surface area contributed by atoms with E-state index in [0.717, 1.165) is 52.0 Å². The normalized spacial score (nSPS) is 28.0. The van der Waals surface area contributed by atoms with Crippen LogP contribution in [-0.2, 0) is 0 Å². The second-order valence-corrected chi connectivity index (χ2v) is 6.00. The molecule has 1 saturated carbocycles. The predicted octanol–water partition coefficient (Wildman–Crippen LogP) is 2.11. The molecule has 1 aromatic carbocycles. The number of halogens is 1. The number of para-hydroxylation sites is 1. The minimum Gasteiger partial charge on any atom is -0.393 e. The Morgan fingerprint density at radius 3 is 2.50 bits per heavy atom. The summed E-state index contributed by atoms with van der Waals surface area (Å²) in [4.78, 5) is 4.54. The third-order valence-electron chi connectivity index (χ3n) is 4.68. The molecule has 1 N–H and O–H groups in total. The van der Waals surface area contributed by atoms with E-state index < -0.39 is 0 Å². The van der Waals surface area contributed by atoms with Crippen LogP contribution in [0.5, 0.6) is 0 Å². The predicted molar refractivity (Wildman–Crippen MR) is 78.4 cm³/mol. The number of nitrogens with zero attached hydrogens (tertiary/aromatic N) is 2. The second-order valence-electron chi connectivity index (χ2n) is 6.00. The molecule has 4 heteroatoms. The Balaban J connectivity index is 1.53. The lowest BCUT2D eigenvalue weighted by molar-refractivity contribution is 0.0997. The Kier molecular flexibility index (Phi) is 4.22. The van der Waals surface area contributed by atoms with E-state index in [1.54, 1.807) is 6.07 Å². The molecule has 0 bridgehead atoms. The van der Waals surface area contributed by atoms with Crippen molar-refractivity contribution in [3.63, 3.8) is 0 Å². The molecule has 2 atom stereocenters. The zero-order valence-corrected chi connectivity index (χ0v) is 11.8. The van der Waals surface area contributed by atoms with Crippen molar-refractivity contribution in [2.45, 2.75) is 25.4 Å². The fourth-order valence-electron chi connectivity index (χ4n) is 3.44. The maximum atomic E-state index is 13.8. The van der Waals surface area contributed by atoms with E-state index in [-0.39, 0.29) is 11.9 Å². The van der Waals surface area contributed by atoms with E-state index in [0.29, 0.717) is 11.6 Å². The monoisotopic (exact) mass is 278 g/mol. The zero-order valence-electron chi connectivity index (χ0n) is 11.8. The van der Waals surface area contributed by atoms with E-state index in [2.05, 4.69) is 9.80 Å². The molecule has 1 aromatic rings. The summed E-state index contributed by atoms with van der Waals surface area (Å²) in [6.07, 6.45) is 3.15. The van der Waals surface area contributed by atoms with Gasteiger partial charge < -0.3 is 10.0 Å². The molecule has 110 valence electrons. The molecule has 1 aliphatic heterocycles. The van der Waals surface area contributed by atoms with Crippen molar-refractivity contribution in [3.8, 4) is 0 Å². The van der Waals surface area contributed by atoms with Crippen molar-refractivity contribution in [2.75, 3.05) is 37.6 Å². The van der Waals surface area contributed by atoms with Crippen molar-refractivity contribution >= 4 is 5.69 Å². The molecule has 0 aromatic heterocycles. The van der Waals surface area contributed by atoms with Gasteiger partial charge in [0.25, 0.3) is 0 Å². The van der Waals surface area contributed by atoms with Gasteiger partial charge in [-0.15, -0.1) is 0 Å². The highest BCUT2D eigenvalue weighted by molar-refractivity contribution is 5.47. The third kappa shape index (κ3) is 2.96. The van der Waals surface area contributed by atoms with Crippen LogP contribution in [0.2, 0.25) is 0 Å². The Labute approximate surface area is 120 Å². The molecule has 1 heterocycles. The first-order valence-corrected chi connectivity index (χ1v) is 7.64. The largest absolute Gasteiger partial charge is 0.393 e. The number of hydrogen-bond donors (Lipinski definition) is 1. The van der Waals surface area contributed by atoms with E-state index in [9.17, 15) is 9.50 Å². The molecule has 0 spiro atoms. The van der Waals surface area contributed by atoms with Crippen LogP contribution in [0.15, 0.2) is 24.3 Å². The highest BCUT2D eigenvalue weighted by Crippen LogP contribution is 2.27. The molecular formula is C16H23FN2O.